The summed E-state index contributed by atoms with van der Waals surface area (Å²) in [5, 5.41) is 9.73. The average Bonchev–Trinajstić information content (AvgIpc) is 3.60. The Hall–Kier alpha value is -2.38. The molecule has 2 aromatic rings. The predicted octanol–water partition coefficient (Wildman–Crippen LogP) is 5.14. The van der Waals surface area contributed by atoms with E-state index in [0.29, 0.717) is 35.8 Å². The van der Waals surface area contributed by atoms with Gasteiger partial charge in [0.15, 0.2) is 0 Å². The third kappa shape index (κ3) is 5.51. The Bertz CT molecular complexity index is 975. The van der Waals surface area contributed by atoms with Gasteiger partial charge in [0.1, 0.15) is 16.6 Å². The topological polar surface area (TPSA) is 71.9 Å². The highest BCUT2D eigenvalue weighted by Gasteiger charge is 2.30. The lowest BCUT2D eigenvalue weighted by molar-refractivity contribution is 0.0691. The average molecular weight is 463 g/mol. The Morgan fingerprint density at radius 3 is 2.59 bits per heavy atom. The summed E-state index contributed by atoms with van der Waals surface area (Å²) in [6.45, 7) is 5.58. The number of pyridine rings is 1. The number of halogens is 2. The Balaban J connectivity index is 1.30. The maximum Gasteiger partial charge on any atom is 0.338 e. The largest absolute Gasteiger partial charge is 0.493 e. The van der Waals surface area contributed by atoms with Crippen molar-refractivity contribution >= 4 is 17.6 Å². The molecule has 2 fully saturated rings. The lowest BCUT2D eigenvalue weighted by atomic mass is 9.97. The van der Waals surface area contributed by atoms with E-state index in [1.54, 1.807) is 6.20 Å². The fraction of sp³-hybridized carbons (Fsp3) is 0.500. The van der Waals surface area contributed by atoms with Crippen molar-refractivity contribution < 1.29 is 23.8 Å². The number of carbonyl (C=O) groups is 1. The summed E-state index contributed by atoms with van der Waals surface area (Å²) in [5.41, 5.74) is 1.59. The van der Waals surface area contributed by atoms with E-state index in [9.17, 15) is 14.3 Å². The Labute approximate surface area is 192 Å². The molecule has 172 valence electrons. The number of piperidine rings is 1. The Kier molecular flexibility index (Phi) is 7.16. The fourth-order valence-electron chi connectivity index (χ4n) is 4.15. The van der Waals surface area contributed by atoms with Gasteiger partial charge < -0.3 is 14.6 Å². The monoisotopic (exact) mass is 462 g/mol. The van der Waals surface area contributed by atoms with Gasteiger partial charge in [0.2, 0.25) is 5.88 Å². The molecule has 2 aliphatic rings. The van der Waals surface area contributed by atoms with Crippen LogP contribution in [0.4, 0.5) is 4.39 Å². The van der Waals surface area contributed by atoms with E-state index in [2.05, 4.69) is 9.88 Å². The summed E-state index contributed by atoms with van der Waals surface area (Å²) >= 11 is 6.24. The molecule has 6 nitrogen and oxygen atoms in total. The number of aromatic nitrogens is 1. The summed E-state index contributed by atoms with van der Waals surface area (Å²) in [5.74, 6) is -0.371. The van der Waals surface area contributed by atoms with Crippen LogP contribution in [0.1, 0.15) is 60.0 Å². The molecule has 4 rings (SSSR count). The minimum atomic E-state index is -1.24. The van der Waals surface area contributed by atoms with Gasteiger partial charge in [0, 0.05) is 18.8 Å². The molecule has 0 atom stereocenters. The number of rotatable bonds is 9. The molecule has 2 heterocycles. The number of aromatic carboxylic acids is 1. The number of ether oxygens (including phenoxy) is 2. The van der Waals surface area contributed by atoms with Gasteiger partial charge in [-0.1, -0.05) is 11.6 Å². The molecule has 8 heteroatoms. The second-order valence-electron chi connectivity index (χ2n) is 8.54. The van der Waals surface area contributed by atoms with E-state index in [0.717, 1.165) is 56.4 Å². The van der Waals surface area contributed by atoms with Crippen LogP contribution in [-0.4, -0.2) is 47.3 Å². The second-order valence-corrected chi connectivity index (χ2v) is 8.95. The number of carboxylic acids is 1. The maximum absolute atomic E-state index is 14.2. The highest BCUT2D eigenvalue weighted by Crippen LogP contribution is 2.45. The van der Waals surface area contributed by atoms with Crippen molar-refractivity contribution in [1.82, 2.24) is 9.88 Å². The van der Waals surface area contributed by atoms with E-state index in [1.165, 1.54) is 12.1 Å². The van der Waals surface area contributed by atoms with Crippen molar-refractivity contribution in [2.45, 2.75) is 45.1 Å². The lowest BCUT2D eigenvalue weighted by Gasteiger charge is -2.32. The molecule has 0 unspecified atom stereocenters. The SMILES string of the molecule is CCOc1ncc(CN2CCC(COc3cc(F)c(C(=O)O)cc3C3CC3)CC2)cc1Cl. The number of hydrogen-bond donors (Lipinski definition) is 1. The van der Waals surface area contributed by atoms with Gasteiger partial charge >= 0.3 is 5.97 Å². The minimum absolute atomic E-state index is 0.278. The van der Waals surface area contributed by atoms with E-state index in [1.807, 2.05) is 13.0 Å². The van der Waals surface area contributed by atoms with Crippen molar-refractivity contribution in [3.8, 4) is 11.6 Å². The van der Waals surface area contributed by atoms with Crippen LogP contribution in [0.3, 0.4) is 0 Å². The first-order chi connectivity index (χ1) is 15.4. The van der Waals surface area contributed by atoms with Crippen LogP contribution >= 0.6 is 11.6 Å². The molecule has 0 spiro atoms. The van der Waals surface area contributed by atoms with Crippen LogP contribution in [0.15, 0.2) is 24.4 Å². The smallest absolute Gasteiger partial charge is 0.338 e. The highest BCUT2D eigenvalue weighted by atomic mass is 35.5. The van der Waals surface area contributed by atoms with E-state index in [4.69, 9.17) is 21.1 Å². The molecule has 1 saturated heterocycles. The minimum Gasteiger partial charge on any atom is -0.493 e. The van der Waals surface area contributed by atoms with Crippen molar-refractivity contribution in [2.75, 3.05) is 26.3 Å². The first-order valence-corrected chi connectivity index (χ1v) is 11.5. The van der Waals surface area contributed by atoms with Gasteiger partial charge in [-0.3, -0.25) is 4.90 Å². The fourth-order valence-corrected chi connectivity index (χ4v) is 4.39. The number of carboxylic acid groups (broad SMARTS) is 1. The first-order valence-electron chi connectivity index (χ1n) is 11.1. The number of nitrogens with zero attached hydrogens (tertiary/aromatic N) is 2. The lowest BCUT2D eigenvalue weighted by Crippen LogP contribution is -2.35. The standard InChI is InChI=1S/C24H28ClFN2O4/c1-2-31-23-20(25)9-16(12-27-23)13-28-7-5-15(6-8-28)14-32-22-11-21(26)19(24(29)30)10-18(22)17-3-4-17/h9-12,15,17H,2-8,13-14H2,1H3,(H,29,30). The molecule has 1 aromatic carbocycles. The zero-order valence-electron chi connectivity index (χ0n) is 18.2. The van der Waals surface area contributed by atoms with Gasteiger partial charge in [0.05, 0.1) is 18.8 Å². The van der Waals surface area contributed by atoms with E-state index in [-0.39, 0.29) is 11.5 Å². The number of benzene rings is 1. The van der Waals surface area contributed by atoms with Crippen LogP contribution in [0.5, 0.6) is 11.6 Å². The molecular weight excluding hydrogens is 435 g/mol. The van der Waals surface area contributed by atoms with Crippen molar-refractivity contribution in [3.05, 3.63) is 51.9 Å². The Morgan fingerprint density at radius 1 is 1.22 bits per heavy atom. The summed E-state index contributed by atoms with van der Waals surface area (Å²) in [4.78, 5) is 17.9. The van der Waals surface area contributed by atoms with Crippen LogP contribution in [0, 0.1) is 11.7 Å². The molecule has 0 amide bonds. The zero-order chi connectivity index (χ0) is 22.7. The van der Waals surface area contributed by atoms with Crippen LogP contribution in [-0.2, 0) is 6.54 Å². The number of hydrogen-bond acceptors (Lipinski definition) is 5. The zero-order valence-corrected chi connectivity index (χ0v) is 18.9. The highest BCUT2D eigenvalue weighted by molar-refractivity contribution is 6.31. The van der Waals surface area contributed by atoms with Crippen molar-refractivity contribution in [2.24, 2.45) is 5.92 Å². The first kappa shape index (κ1) is 22.8. The molecular formula is C24H28ClFN2O4. The molecule has 32 heavy (non-hydrogen) atoms. The second kappa shape index (κ2) is 10.0. The third-order valence-corrected chi connectivity index (χ3v) is 6.35. The normalized spacial score (nSPS) is 17.3. The molecule has 0 bridgehead atoms. The molecule has 1 aliphatic carbocycles. The summed E-state index contributed by atoms with van der Waals surface area (Å²) in [6, 6.07) is 4.60. The molecule has 1 aromatic heterocycles. The maximum atomic E-state index is 14.2. The predicted molar refractivity (Wildman–Crippen MR) is 119 cm³/mol. The van der Waals surface area contributed by atoms with E-state index < -0.39 is 11.8 Å². The van der Waals surface area contributed by atoms with Gasteiger partial charge in [-0.15, -0.1) is 0 Å². The van der Waals surface area contributed by atoms with Crippen LogP contribution in [0.2, 0.25) is 5.02 Å². The quantitative estimate of drug-likeness (QED) is 0.556. The summed E-state index contributed by atoms with van der Waals surface area (Å²) in [7, 11) is 0. The molecule has 1 N–H and O–H groups in total. The van der Waals surface area contributed by atoms with Crippen molar-refractivity contribution in [3.63, 3.8) is 0 Å². The summed E-state index contributed by atoms with van der Waals surface area (Å²) < 4.78 is 25.6. The Morgan fingerprint density at radius 2 is 1.97 bits per heavy atom. The third-order valence-electron chi connectivity index (χ3n) is 6.08. The van der Waals surface area contributed by atoms with Gasteiger partial charge in [-0.25, -0.2) is 14.2 Å². The molecule has 1 saturated carbocycles. The van der Waals surface area contributed by atoms with Gasteiger partial charge in [-0.05, 0) is 80.8 Å². The van der Waals surface area contributed by atoms with Gasteiger partial charge in [0.25, 0.3) is 0 Å². The molecule has 0 radical (unpaired) electrons. The van der Waals surface area contributed by atoms with Crippen LogP contribution < -0.4 is 9.47 Å². The molecule has 1 aliphatic heterocycles. The van der Waals surface area contributed by atoms with Crippen LogP contribution in [0.25, 0.3) is 0 Å². The van der Waals surface area contributed by atoms with E-state index >= 15 is 0 Å². The number of likely N-dealkylation sites (tertiary alicyclic amines) is 1. The van der Waals surface area contributed by atoms with Gasteiger partial charge in [-0.2, -0.15) is 0 Å². The summed E-state index contributed by atoms with van der Waals surface area (Å²) in [6.07, 6.45) is 5.74. The van der Waals surface area contributed by atoms with Crippen molar-refractivity contribution in [1.29, 1.82) is 0 Å².